The molecule has 20 heavy (non-hydrogen) atoms. The van der Waals surface area contributed by atoms with Crippen LogP contribution in [0.5, 0.6) is 0 Å². The van der Waals surface area contributed by atoms with Crippen LogP contribution in [0.15, 0.2) is 18.2 Å². The smallest absolute Gasteiger partial charge is 0.327 e. The van der Waals surface area contributed by atoms with Gasteiger partial charge in [0.1, 0.15) is 0 Å². The van der Waals surface area contributed by atoms with Crippen molar-refractivity contribution in [2.75, 3.05) is 0 Å². The highest BCUT2D eigenvalue weighted by molar-refractivity contribution is 6.35. The summed E-state index contributed by atoms with van der Waals surface area (Å²) >= 11 is 0. The first-order chi connectivity index (χ1) is 9.47. The van der Waals surface area contributed by atoms with Gasteiger partial charge in [0, 0.05) is 11.6 Å². The number of amides is 3. The molecule has 106 valence electrons. The van der Waals surface area contributed by atoms with E-state index in [1.165, 1.54) is 0 Å². The first kappa shape index (κ1) is 14.0. The highest BCUT2D eigenvalue weighted by atomic mass is 16.2. The summed E-state index contributed by atoms with van der Waals surface area (Å²) in [6.45, 7) is 3.74. The van der Waals surface area contributed by atoms with Crippen LogP contribution < -0.4 is 16.2 Å². The molecule has 1 fully saturated rings. The summed E-state index contributed by atoms with van der Waals surface area (Å²) in [7, 11) is 0. The number of hydrogen-bond donors (Lipinski definition) is 3. The number of rotatable bonds is 2. The molecule has 1 aliphatic rings. The molecule has 0 radical (unpaired) electrons. The van der Waals surface area contributed by atoms with Crippen LogP contribution in [0, 0.1) is 13.8 Å². The van der Waals surface area contributed by atoms with E-state index < -0.39 is 17.7 Å². The third-order valence-electron chi connectivity index (χ3n) is 3.03. The van der Waals surface area contributed by atoms with Crippen LogP contribution >= 0.6 is 0 Å². The van der Waals surface area contributed by atoms with Crippen molar-refractivity contribution in [2.24, 2.45) is 0 Å². The predicted molar refractivity (Wildman–Crippen MR) is 72.7 cm³/mol. The van der Waals surface area contributed by atoms with Gasteiger partial charge in [-0.1, -0.05) is 17.7 Å². The lowest BCUT2D eigenvalue weighted by Crippen LogP contribution is -2.49. The van der Waals surface area contributed by atoms with Crippen LogP contribution in [0.25, 0.3) is 0 Å². The molecule has 0 aliphatic heterocycles. The Bertz CT molecular complexity index is 565. The van der Waals surface area contributed by atoms with Gasteiger partial charge in [0.25, 0.3) is 5.91 Å². The van der Waals surface area contributed by atoms with Crippen molar-refractivity contribution in [1.82, 2.24) is 16.2 Å². The molecular weight excluding hydrogens is 258 g/mol. The topological polar surface area (TPSA) is 87.3 Å². The van der Waals surface area contributed by atoms with E-state index in [9.17, 15) is 14.4 Å². The average Bonchev–Trinajstić information content (AvgIpc) is 3.19. The van der Waals surface area contributed by atoms with Crippen molar-refractivity contribution in [2.45, 2.75) is 32.7 Å². The lowest BCUT2D eigenvalue weighted by Gasteiger charge is -2.09. The van der Waals surface area contributed by atoms with Crippen molar-refractivity contribution in [3.05, 3.63) is 34.9 Å². The van der Waals surface area contributed by atoms with E-state index in [1.54, 1.807) is 6.07 Å². The van der Waals surface area contributed by atoms with E-state index in [1.807, 2.05) is 26.0 Å². The van der Waals surface area contributed by atoms with Gasteiger partial charge < -0.3 is 5.32 Å². The minimum atomic E-state index is -0.866. The van der Waals surface area contributed by atoms with Crippen LogP contribution in [0.4, 0.5) is 0 Å². The van der Waals surface area contributed by atoms with Gasteiger partial charge in [-0.05, 0) is 38.3 Å². The molecule has 1 aromatic rings. The summed E-state index contributed by atoms with van der Waals surface area (Å²) in [6.07, 6.45) is 1.79. The minimum absolute atomic E-state index is 0.100. The number of carbonyl (C=O) groups excluding carboxylic acids is 3. The molecule has 2 rings (SSSR count). The predicted octanol–water partition coefficient (Wildman–Crippen LogP) is 0.343. The maximum Gasteiger partial charge on any atom is 0.327 e. The molecule has 0 unspecified atom stereocenters. The Hall–Kier alpha value is -2.37. The number of nitrogens with one attached hydrogen (secondary N) is 3. The largest absolute Gasteiger partial charge is 0.345 e. The highest BCUT2D eigenvalue weighted by Crippen LogP contribution is 2.18. The Morgan fingerprint density at radius 3 is 2.35 bits per heavy atom. The Balaban J connectivity index is 1.87. The van der Waals surface area contributed by atoms with Crippen molar-refractivity contribution in [3.8, 4) is 0 Å². The fourth-order valence-corrected chi connectivity index (χ4v) is 1.78. The van der Waals surface area contributed by atoms with E-state index >= 15 is 0 Å². The van der Waals surface area contributed by atoms with Gasteiger partial charge in [0.05, 0.1) is 0 Å². The molecule has 0 aromatic heterocycles. The summed E-state index contributed by atoms with van der Waals surface area (Å²) in [5.41, 5.74) is 6.65. The van der Waals surface area contributed by atoms with E-state index in [-0.39, 0.29) is 6.04 Å². The molecule has 1 aliphatic carbocycles. The minimum Gasteiger partial charge on any atom is -0.345 e. The van der Waals surface area contributed by atoms with E-state index in [0.29, 0.717) is 5.56 Å². The zero-order valence-electron chi connectivity index (χ0n) is 11.4. The van der Waals surface area contributed by atoms with Crippen LogP contribution in [0.1, 0.15) is 34.3 Å². The molecule has 0 spiro atoms. The monoisotopic (exact) mass is 275 g/mol. The quantitative estimate of drug-likeness (QED) is 0.537. The molecule has 6 heteroatoms. The zero-order chi connectivity index (χ0) is 14.7. The number of benzene rings is 1. The summed E-state index contributed by atoms with van der Waals surface area (Å²) < 4.78 is 0. The van der Waals surface area contributed by atoms with Gasteiger partial charge in [-0.25, -0.2) is 0 Å². The second-order valence-corrected chi connectivity index (χ2v) is 4.97. The van der Waals surface area contributed by atoms with Gasteiger partial charge in [-0.15, -0.1) is 0 Å². The Morgan fingerprint density at radius 2 is 1.75 bits per heavy atom. The van der Waals surface area contributed by atoms with Crippen LogP contribution in [0.3, 0.4) is 0 Å². The van der Waals surface area contributed by atoms with Crippen molar-refractivity contribution in [1.29, 1.82) is 0 Å². The Labute approximate surface area is 116 Å². The summed E-state index contributed by atoms with van der Waals surface area (Å²) in [5, 5.41) is 2.53. The van der Waals surface area contributed by atoms with E-state index in [0.717, 1.165) is 24.0 Å². The fraction of sp³-hybridized carbons (Fsp3) is 0.357. The van der Waals surface area contributed by atoms with E-state index in [2.05, 4.69) is 16.2 Å². The molecule has 3 amide bonds. The first-order valence-electron chi connectivity index (χ1n) is 6.46. The Morgan fingerprint density at radius 1 is 1.05 bits per heavy atom. The molecule has 0 bridgehead atoms. The molecule has 0 saturated heterocycles. The fourth-order valence-electron chi connectivity index (χ4n) is 1.78. The van der Waals surface area contributed by atoms with Crippen molar-refractivity contribution >= 4 is 17.7 Å². The molecule has 1 aromatic carbocycles. The molecule has 6 nitrogen and oxygen atoms in total. The van der Waals surface area contributed by atoms with Crippen LogP contribution in [0.2, 0.25) is 0 Å². The van der Waals surface area contributed by atoms with Crippen molar-refractivity contribution < 1.29 is 14.4 Å². The van der Waals surface area contributed by atoms with Gasteiger partial charge in [-0.2, -0.15) is 0 Å². The highest BCUT2D eigenvalue weighted by Gasteiger charge is 2.26. The standard InChI is InChI=1S/C14H17N3O3/c1-8-3-6-11(9(2)7-8)12(18)16-17-14(20)13(19)15-10-4-5-10/h3,6-7,10H,4-5H2,1-2H3,(H,15,19)(H,16,18)(H,17,20). The zero-order valence-corrected chi connectivity index (χ0v) is 11.4. The van der Waals surface area contributed by atoms with Gasteiger partial charge in [0.15, 0.2) is 0 Å². The third-order valence-corrected chi connectivity index (χ3v) is 3.03. The number of aryl methyl sites for hydroxylation is 2. The molecular formula is C14H17N3O3. The summed E-state index contributed by atoms with van der Waals surface area (Å²) in [4.78, 5) is 34.7. The SMILES string of the molecule is Cc1ccc(C(=O)NNC(=O)C(=O)NC2CC2)c(C)c1. The second-order valence-electron chi connectivity index (χ2n) is 4.97. The molecule has 1 saturated carbocycles. The van der Waals surface area contributed by atoms with Gasteiger partial charge in [0.2, 0.25) is 0 Å². The third kappa shape index (κ3) is 3.57. The first-order valence-corrected chi connectivity index (χ1v) is 6.46. The Kier molecular flexibility index (Phi) is 4.02. The van der Waals surface area contributed by atoms with E-state index in [4.69, 9.17) is 0 Å². The normalized spacial score (nSPS) is 13.5. The van der Waals surface area contributed by atoms with Gasteiger partial charge in [-0.3, -0.25) is 25.2 Å². The lowest BCUT2D eigenvalue weighted by atomic mass is 10.1. The van der Waals surface area contributed by atoms with Gasteiger partial charge >= 0.3 is 11.8 Å². The lowest BCUT2D eigenvalue weighted by molar-refractivity contribution is -0.139. The maximum absolute atomic E-state index is 11.9. The summed E-state index contributed by atoms with van der Waals surface area (Å²) in [5.74, 6) is -2.04. The number of hydrazine groups is 1. The number of hydrogen-bond acceptors (Lipinski definition) is 3. The van der Waals surface area contributed by atoms with Crippen LogP contribution in [-0.2, 0) is 9.59 Å². The second kappa shape index (κ2) is 5.73. The molecule has 0 atom stereocenters. The maximum atomic E-state index is 11.9. The van der Waals surface area contributed by atoms with Crippen LogP contribution in [-0.4, -0.2) is 23.8 Å². The molecule has 3 N–H and O–H groups in total. The average molecular weight is 275 g/mol. The number of carbonyl (C=O) groups is 3. The van der Waals surface area contributed by atoms with Crippen molar-refractivity contribution in [3.63, 3.8) is 0 Å². The summed E-state index contributed by atoms with van der Waals surface area (Å²) in [6, 6.07) is 5.46. The molecule has 0 heterocycles.